The molecule has 0 aliphatic carbocycles. The molecule has 1 heterocycles. The molecule has 0 aliphatic rings. The fourth-order valence-corrected chi connectivity index (χ4v) is 2.90. The van der Waals surface area contributed by atoms with Gasteiger partial charge < -0.3 is 15.5 Å². The highest BCUT2D eigenvalue weighted by molar-refractivity contribution is 7.09. The summed E-state index contributed by atoms with van der Waals surface area (Å²) in [6, 6.07) is 5.74. The van der Waals surface area contributed by atoms with Crippen molar-refractivity contribution < 1.29 is 28.2 Å². The van der Waals surface area contributed by atoms with Gasteiger partial charge in [-0.05, 0) is 30.3 Å². The molecular formula is C17H11F3N2O3S. The number of carbonyl (C=O) groups is 1. The topological polar surface area (TPSA) is 82.5 Å². The minimum absolute atomic E-state index is 0.0496. The minimum Gasteiger partial charge on any atom is -0.504 e. The van der Waals surface area contributed by atoms with Gasteiger partial charge in [-0.15, -0.1) is 11.3 Å². The van der Waals surface area contributed by atoms with E-state index in [0.29, 0.717) is 22.3 Å². The predicted molar refractivity (Wildman–Crippen MR) is 88.4 cm³/mol. The number of hydrogen-bond donors (Lipinski definition) is 3. The van der Waals surface area contributed by atoms with Crippen LogP contribution in [0.3, 0.4) is 0 Å². The summed E-state index contributed by atoms with van der Waals surface area (Å²) in [5, 5.41) is 23.4. The van der Waals surface area contributed by atoms with Gasteiger partial charge in [-0.3, -0.25) is 4.79 Å². The number of amides is 1. The molecule has 0 atom stereocenters. The summed E-state index contributed by atoms with van der Waals surface area (Å²) in [5.41, 5.74) is 0.457. The molecule has 0 spiro atoms. The number of phenols is 2. The number of thiazole rings is 1. The Balaban J connectivity index is 1.71. The lowest BCUT2D eigenvalue weighted by molar-refractivity contribution is 0.0945. The predicted octanol–water partition coefficient (Wildman–Crippen LogP) is 3.57. The Morgan fingerprint density at radius 1 is 1.08 bits per heavy atom. The molecule has 0 fully saturated rings. The van der Waals surface area contributed by atoms with E-state index in [9.17, 15) is 28.2 Å². The summed E-state index contributed by atoms with van der Waals surface area (Å²) < 4.78 is 39.7. The van der Waals surface area contributed by atoms with Crippen LogP contribution in [0, 0.1) is 17.5 Å². The van der Waals surface area contributed by atoms with Crippen molar-refractivity contribution in [2.75, 3.05) is 0 Å². The van der Waals surface area contributed by atoms with Crippen LogP contribution in [-0.4, -0.2) is 21.1 Å². The third-order valence-electron chi connectivity index (χ3n) is 3.50. The Hall–Kier alpha value is -3.07. The highest BCUT2D eigenvalue weighted by atomic mass is 32.1. The number of carbonyl (C=O) groups excluding carboxylic acids is 1. The average molecular weight is 380 g/mol. The summed E-state index contributed by atoms with van der Waals surface area (Å²) in [5.74, 6) is -6.09. The molecule has 3 aromatic rings. The van der Waals surface area contributed by atoms with Crippen molar-refractivity contribution in [3.05, 3.63) is 63.7 Å². The number of phenolic OH excluding ortho intramolecular Hbond substituents is 2. The maximum absolute atomic E-state index is 13.6. The Morgan fingerprint density at radius 2 is 1.85 bits per heavy atom. The first kappa shape index (κ1) is 17.7. The summed E-state index contributed by atoms with van der Waals surface area (Å²) in [7, 11) is 0. The molecule has 0 saturated heterocycles. The van der Waals surface area contributed by atoms with E-state index in [0.717, 1.165) is 6.07 Å². The first-order chi connectivity index (χ1) is 12.4. The van der Waals surface area contributed by atoms with E-state index in [2.05, 4.69) is 10.3 Å². The highest BCUT2D eigenvalue weighted by Gasteiger charge is 2.19. The van der Waals surface area contributed by atoms with Crippen LogP contribution in [0.15, 0.2) is 35.7 Å². The molecule has 3 N–H and O–H groups in total. The van der Waals surface area contributed by atoms with Crippen molar-refractivity contribution >= 4 is 17.2 Å². The second-order valence-electron chi connectivity index (χ2n) is 5.24. The number of nitrogens with one attached hydrogen (secondary N) is 1. The number of rotatable bonds is 4. The molecule has 1 amide bonds. The van der Waals surface area contributed by atoms with Crippen molar-refractivity contribution in [2.24, 2.45) is 0 Å². The number of nitrogens with zero attached hydrogens (tertiary/aromatic N) is 1. The van der Waals surface area contributed by atoms with Gasteiger partial charge in [-0.25, -0.2) is 18.2 Å². The molecule has 2 aromatic carbocycles. The van der Waals surface area contributed by atoms with Crippen LogP contribution in [0.1, 0.15) is 15.4 Å². The van der Waals surface area contributed by atoms with Gasteiger partial charge in [0.15, 0.2) is 29.0 Å². The average Bonchev–Trinajstić information content (AvgIpc) is 3.09. The molecule has 1 aromatic heterocycles. The maximum atomic E-state index is 13.6. The van der Waals surface area contributed by atoms with Gasteiger partial charge in [0.25, 0.3) is 5.91 Å². The molecule has 0 aliphatic heterocycles. The van der Waals surface area contributed by atoms with Crippen LogP contribution < -0.4 is 5.32 Å². The van der Waals surface area contributed by atoms with Gasteiger partial charge in [0.1, 0.15) is 5.01 Å². The van der Waals surface area contributed by atoms with E-state index in [1.54, 1.807) is 11.4 Å². The number of aromatic nitrogens is 1. The first-order valence-corrected chi connectivity index (χ1v) is 8.13. The van der Waals surface area contributed by atoms with Crippen LogP contribution in [0.2, 0.25) is 0 Å². The second kappa shape index (κ2) is 7.04. The molecule has 0 unspecified atom stereocenters. The number of hydrogen-bond acceptors (Lipinski definition) is 5. The van der Waals surface area contributed by atoms with E-state index in [1.165, 1.54) is 23.5 Å². The fourth-order valence-electron chi connectivity index (χ4n) is 2.16. The lowest BCUT2D eigenvalue weighted by Gasteiger charge is -2.05. The quantitative estimate of drug-likeness (QED) is 0.477. The monoisotopic (exact) mass is 380 g/mol. The Kier molecular flexibility index (Phi) is 4.81. The van der Waals surface area contributed by atoms with E-state index in [4.69, 9.17) is 0 Å². The normalized spacial score (nSPS) is 10.7. The molecule has 134 valence electrons. The van der Waals surface area contributed by atoms with Crippen LogP contribution in [-0.2, 0) is 6.54 Å². The zero-order valence-corrected chi connectivity index (χ0v) is 13.8. The summed E-state index contributed by atoms with van der Waals surface area (Å²) in [4.78, 5) is 16.2. The molecule has 9 heteroatoms. The Labute approximate surface area is 149 Å². The maximum Gasteiger partial charge on any atom is 0.254 e. The van der Waals surface area contributed by atoms with Gasteiger partial charge in [0, 0.05) is 10.9 Å². The van der Waals surface area contributed by atoms with Crippen LogP contribution in [0.25, 0.3) is 11.3 Å². The first-order valence-electron chi connectivity index (χ1n) is 7.25. The van der Waals surface area contributed by atoms with Crippen molar-refractivity contribution in [3.8, 4) is 22.8 Å². The summed E-state index contributed by atoms with van der Waals surface area (Å²) in [6.07, 6.45) is 0. The van der Waals surface area contributed by atoms with Crippen molar-refractivity contribution in [1.29, 1.82) is 0 Å². The Bertz CT molecular complexity index is 991. The molecule has 0 radical (unpaired) electrons. The second-order valence-corrected chi connectivity index (χ2v) is 6.18. The lowest BCUT2D eigenvalue weighted by atomic mass is 10.1. The van der Waals surface area contributed by atoms with E-state index >= 15 is 0 Å². The summed E-state index contributed by atoms with van der Waals surface area (Å²) >= 11 is 1.20. The van der Waals surface area contributed by atoms with E-state index in [1.807, 2.05) is 0 Å². The zero-order valence-electron chi connectivity index (χ0n) is 13.0. The molecule has 0 bridgehead atoms. The zero-order chi connectivity index (χ0) is 18.8. The third-order valence-corrected chi connectivity index (χ3v) is 4.35. The largest absolute Gasteiger partial charge is 0.504 e. The standard InChI is InChI=1S/C17H11F3N2O3S/c18-10-3-2-9(15(19)16(10)20)17(25)21-6-14-22-11(7-26-14)8-1-4-12(23)13(24)5-8/h1-5,7,23-24H,6H2,(H,21,25). The third kappa shape index (κ3) is 3.47. The van der Waals surface area contributed by atoms with E-state index in [-0.39, 0.29) is 18.0 Å². The Morgan fingerprint density at radius 3 is 2.58 bits per heavy atom. The van der Waals surface area contributed by atoms with Crippen molar-refractivity contribution in [3.63, 3.8) is 0 Å². The highest BCUT2D eigenvalue weighted by Crippen LogP contribution is 2.31. The number of aromatic hydroxyl groups is 2. The fraction of sp³-hybridized carbons (Fsp3) is 0.0588. The lowest BCUT2D eigenvalue weighted by Crippen LogP contribution is -2.24. The molecular weight excluding hydrogens is 369 g/mol. The minimum atomic E-state index is -1.71. The molecule has 5 nitrogen and oxygen atoms in total. The smallest absolute Gasteiger partial charge is 0.254 e. The van der Waals surface area contributed by atoms with Crippen molar-refractivity contribution in [1.82, 2.24) is 10.3 Å². The number of halogens is 3. The molecule has 0 saturated carbocycles. The van der Waals surface area contributed by atoms with Crippen LogP contribution >= 0.6 is 11.3 Å². The van der Waals surface area contributed by atoms with Gasteiger partial charge in [0.2, 0.25) is 0 Å². The van der Waals surface area contributed by atoms with Crippen LogP contribution in [0.5, 0.6) is 11.5 Å². The van der Waals surface area contributed by atoms with Gasteiger partial charge >= 0.3 is 0 Å². The SMILES string of the molecule is O=C(NCc1nc(-c2ccc(O)c(O)c2)cs1)c1ccc(F)c(F)c1F. The van der Waals surface area contributed by atoms with Crippen molar-refractivity contribution in [2.45, 2.75) is 6.54 Å². The summed E-state index contributed by atoms with van der Waals surface area (Å²) in [6.45, 7) is -0.0496. The molecule has 3 rings (SSSR count). The molecule has 26 heavy (non-hydrogen) atoms. The van der Waals surface area contributed by atoms with E-state index < -0.39 is 28.9 Å². The van der Waals surface area contributed by atoms with Gasteiger partial charge in [-0.1, -0.05) is 0 Å². The van der Waals surface area contributed by atoms with Gasteiger partial charge in [-0.2, -0.15) is 0 Å². The number of benzene rings is 2. The van der Waals surface area contributed by atoms with Crippen LogP contribution in [0.4, 0.5) is 13.2 Å². The van der Waals surface area contributed by atoms with Gasteiger partial charge in [0.05, 0.1) is 17.8 Å².